The van der Waals surface area contributed by atoms with Gasteiger partial charge in [0.05, 0.1) is 6.04 Å². The summed E-state index contributed by atoms with van der Waals surface area (Å²) in [5, 5.41) is 1.56. The van der Waals surface area contributed by atoms with Crippen LogP contribution >= 0.6 is 0 Å². The van der Waals surface area contributed by atoms with E-state index in [1.54, 1.807) is 5.31 Å². The summed E-state index contributed by atoms with van der Waals surface area (Å²) in [6, 6.07) is 17.9. The first kappa shape index (κ1) is 11.9. The molecule has 1 saturated heterocycles. The molecule has 2 aromatic rings. The highest BCUT2D eigenvalue weighted by atomic mass is 16.5. The van der Waals surface area contributed by atoms with Crippen LogP contribution in [-0.2, 0) is 6.61 Å². The average Bonchev–Trinajstić information content (AvgIpc) is 2.85. The highest BCUT2D eigenvalue weighted by Gasteiger charge is 2.27. The van der Waals surface area contributed by atoms with Crippen LogP contribution < -0.4 is 15.8 Å². The number of hydrogen-bond acceptors (Lipinski definition) is 3. The Morgan fingerprint density at radius 3 is 2.65 bits per heavy atom. The maximum atomic E-state index is 8.05. The first-order valence-corrected chi connectivity index (χ1v) is 7.02. The van der Waals surface area contributed by atoms with Crippen LogP contribution in [0.25, 0.3) is 0 Å². The van der Waals surface area contributed by atoms with Crippen LogP contribution in [0.5, 0.6) is 5.75 Å². The summed E-state index contributed by atoms with van der Waals surface area (Å²) in [5.74, 6) is 0.820. The summed E-state index contributed by atoms with van der Waals surface area (Å²) >= 11 is 0. The molecule has 3 N–H and O–H groups in total. The van der Waals surface area contributed by atoms with Gasteiger partial charge in [0.1, 0.15) is 13.8 Å². The SMILES string of the molecule is [2H]N1CCC(N)[C@H]1c1ccccc1OCc1ccccc1. The van der Waals surface area contributed by atoms with Crippen molar-refractivity contribution in [2.75, 3.05) is 6.54 Å². The van der Waals surface area contributed by atoms with Gasteiger partial charge in [-0.15, -0.1) is 0 Å². The van der Waals surface area contributed by atoms with Crippen molar-refractivity contribution in [3.05, 3.63) is 65.7 Å². The molecule has 3 heteroatoms. The Balaban J connectivity index is 1.80. The summed E-state index contributed by atoms with van der Waals surface area (Å²) in [6.45, 7) is 1.23. The van der Waals surface area contributed by atoms with Crippen molar-refractivity contribution in [3.63, 3.8) is 0 Å². The summed E-state index contributed by atoms with van der Waals surface area (Å²) in [6.07, 6.45) is 0.848. The van der Waals surface area contributed by atoms with E-state index in [0.29, 0.717) is 13.2 Å². The van der Waals surface area contributed by atoms with E-state index < -0.39 is 0 Å². The number of nitrogens with two attached hydrogens (primary N) is 1. The second-order valence-corrected chi connectivity index (χ2v) is 5.12. The second-order valence-electron chi connectivity index (χ2n) is 5.12. The molecule has 0 aliphatic carbocycles. The van der Waals surface area contributed by atoms with Crippen molar-refractivity contribution < 1.29 is 6.15 Å². The Hall–Kier alpha value is -1.84. The molecule has 2 aromatic carbocycles. The van der Waals surface area contributed by atoms with Gasteiger partial charge < -0.3 is 15.8 Å². The van der Waals surface area contributed by atoms with Crippen LogP contribution in [0.3, 0.4) is 0 Å². The number of para-hydroxylation sites is 1. The molecule has 2 atom stereocenters. The van der Waals surface area contributed by atoms with Gasteiger partial charge in [0, 0.05) is 11.6 Å². The van der Waals surface area contributed by atoms with E-state index in [4.69, 9.17) is 11.9 Å². The molecule has 0 bridgehead atoms. The largest absolute Gasteiger partial charge is 0.489 e. The molecule has 0 amide bonds. The third-order valence-electron chi connectivity index (χ3n) is 3.67. The Labute approximate surface area is 121 Å². The summed E-state index contributed by atoms with van der Waals surface area (Å²) < 4.78 is 14.0. The zero-order valence-electron chi connectivity index (χ0n) is 12.4. The predicted molar refractivity (Wildman–Crippen MR) is 80.6 cm³/mol. The molecule has 1 unspecified atom stereocenters. The summed E-state index contributed by atoms with van der Waals surface area (Å²) in [7, 11) is 0. The molecule has 1 heterocycles. The zero-order valence-corrected chi connectivity index (χ0v) is 11.4. The quantitative estimate of drug-likeness (QED) is 0.897. The van der Waals surface area contributed by atoms with Gasteiger partial charge in [-0.3, -0.25) is 0 Å². The number of hydrogen-bond donors (Lipinski definition) is 2. The molecule has 3 nitrogen and oxygen atoms in total. The van der Waals surface area contributed by atoms with E-state index in [1.807, 2.05) is 54.6 Å². The fraction of sp³-hybridized carbons (Fsp3) is 0.294. The minimum atomic E-state index is -0.0861. The molecular formula is C17H20N2O. The van der Waals surface area contributed by atoms with Crippen LogP contribution in [0.2, 0.25) is 1.41 Å². The maximum Gasteiger partial charge on any atom is 0.124 e. The van der Waals surface area contributed by atoms with E-state index in [9.17, 15) is 0 Å². The zero-order chi connectivity index (χ0) is 14.7. The minimum Gasteiger partial charge on any atom is -0.489 e. The van der Waals surface area contributed by atoms with Gasteiger partial charge in [-0.2, -0.15) is 0 Å². The third-order valence-corrected chi connectivity index (χ3v) is 3.67. The van der Waals surface area contributed by atoms with E-state index in [-0.39, 0.29) is 12.1 Å². The predicted octanol–water partition coefficient (Wildman–Crippen LogP) is 2.63. The smallest absolute Gasteiger partial charge is 0.124 e. The second kappa shape index (κ2) is 6.07. The Morgan fingerprint density at radius 1 is 1.15 bits per heavy atom. The van der Waals surface area contributed by atoms with Gasteiger partial charge in [-0.25, -0.2) is 0 Å². The lowest BCUT2D eigenvalue weighted by molar-refractivity contribution is 0.299. The monoisotopic (exact) mass is 269 g/mol. The first-order chi connectivity index (χ1) is 10.3. The van der Waals surface area contributed by atoms with Crippen LogP contribution in [0.4, 0.5) is 0 Å². The molecule has 1 fully saturated rings. The van der Waals surface area contributed by atoms with E-state index in [1.165, 1.54) is 0 Å². The van der Waals surface area contributed by atoms with Gasteiger partial charge in [0.25, 0.3) is 0 Å². The maximum absolute atomic E-state index is 8.05. The number of nitrogens with one attached hydrogen (secondary N) is 1. The lowest BCUT2D eigenvalue weighted by Gasteiger charge is -2.20. The fourth-order valence-corrected chi connectivity index (χ4v) is 2.58. The van der Waals surface area contributed by atoms with Crippen molar-refractivity contribution >= 4 is 0 Å². The van der Waals surface area contributed by atoms with Crippen LogP contribution in [0.1, 0.15) is 23.6 Å². The van der Waals surface area contributed by atoms with Crippen LogP contribution in [-0.4, -0.2) is 12.6 Å². The van der Waals surface area contributed by atoms with E-state index in [0.717, 1.165) is 23.3 Å². The molecule has 0 radical (unpaired) electrons. The molecule has 104 valence electrons. The molecule has 0 saturated carbocycles. The van der Waals surface area contributed by atoms with Crippen LogP contribution in [0.15, 0.2) is 54.6 Å². The van der Waals surface area contributed by atoms with Gasteiger partial charge in [-0.1, -0.05) is 48.5 Å². The van der Waals surface area contributed by atoms with Crippen molar-refractivity contribution in [2.24, 2.45) is 5.73 Å². The molecule has 0 aromatic heterocycles. The van der Waals surface area contributed by atoms with Crippen molar-refractivity contribution in [3.8, 4) is 5.75 Å². The van der Waals surface area contributed by atoms with Crippen LogP contribution in [0, 0.1) is 0 Å². The highest BCUT2D eigenvalue weighted by molar-refractivity contribution is 5.37. The molecule has 0 spiro atoms. The standard InChI is InChI=1S/C17H20N2O/c18-15-10-11-19-17(15)14-8-4-5-9-16(14)20-12-13-6-2-1-3-7-13/h1-9,15,17,19H,10-12,18H2/t15?,17-/m1/s1/i/hD. The lowest BCUT2D eigenvalue weighted by atomic mass is 10.0. The minimum absolute atomic E-state index is 0.0102. The number of rotatable bonds is 4. The fourth-order valence-electron chi connectivity index (χ4n) is 2.58. The van der Waals surface area contributed by atoms with Gasteiger partial charge in [0.15, 0.2) is 0 Å². The highest BCUT2D eigenvalue weighted by Crippen LogP contribution is 2.30. The first-order valence-electron chi connectivity index (χ1n) is 7.47. The number of ether oxygens (including phenoxy) is 1. The Kier molecular flexibility index (Phi) is 3.63. The van der Waals surface area contributed by atoms with E-state index >= 15 is 0 Å². The Bertz CT molecular complexity index is 580. The van der Waals surface area contributed by atoms with Crippen molar-refractivity contribution in [2.45, 2.75) is 25.1 Å². The topological polar surface area (TPSA) is 47.3 Å². The summed E-state index contributed by atoms with van der Waals surface area (Å²) in [4.78, 5) is 0. The van der Waals surface area contributed by atoms with Gasteiger partial charge >= 0.3 is 0 Å². The van der Waals surface area contributed by atoms with E-state index in [2.05, 4.69) is 0 Å². The lowest BCUT2D eigenvalue weighted by Crippen LogP contribution is -2.28. The number of benzene rings is 2. The molecule has 1 aliphatic heterocycles. The molecular weight excluding hydrogens is 248 g/mol. The molecule has 1 aliphatic rings. The average molecular weight is 269 g/mol. The van der Waals surface area contributed by atoms with Crippen molar-refractivity contribution in [1.82, 2.24) is 5.31 Å². The third kappa shape index (κ3) is 2.84. The van der Waals surface area contributed by atoms with Gasteiger partial charge in [0.2, 0.25) is 0 Å². The van der Waals surface area contributed by atoms with Crippen molar-refractivity contribution in [1.29, 1.82) is 0 Å². The van der Waals surface area contributed by atoms with Gasteiger partial charge in [-0.05, 0) is 24.6 Å². The Morgan fingerprint density at radius 2 is 1.90 bits per heavy atom. The molecule has 3 rings (SSSR count). The normalized spacial score (nSPS) is 23.6. The molecule has 20 heavy (non-hydrogen) atoms. The summed E-state index contributed by atoms with van der Waals surface area (Å²) in [5.41, 5.74) is 8.30.